The molecule has 132 valence electrons. The fraction of sp³-hybridized carbons (Fsp3) is 0.238. The number of para-hydroxylation sites is 2. The van der Waals surface area contributed by atoms with Gasteiger partial charge in [0.25, 0.3) is 0 Å². The van der Waals surface area contributed by atoms with Crippen LogP contribution in [-0.2, 0) is 17.8 Å². The first kappa shape index (κ1) is 16.5. The molecule has 0 unspecified atom stereocenters. The number of rotatable bonds is 5. The number of anilines is 1. The Morgan fingerprint density at radius 2 is 1.88 bits per heavy atom. The topological polar surface area (TPSA) is 41.4 Å². The van der Waals surface area contributed by atoms with Gasteiger partial charge in [-0.25, -0.2) is 4.68 Å². The van der Waals surface area contributed by atoms with Crippen molar-refractivity contribution in [3.63, 3.8) is 0 Å². The summed E-state index contributed by atoms with van der Waals surface area (Å²) in [6.45, 7) is 1.86. The van der Waals surface area contributed by atoms with Crippen LogP contribution in [0.15, 0.2) is 67.0 Å². The standard InChI is InChI=1S/C21H22N4O/c1-23(14-17-13-22-25(15-17)19-8-3-2-4-9-19)16-21(26)24-12-11-18-7-5-6-10-20(18)24/h2-10,13,15H,11-12,14,16H2,1H3. The summed E-state index contributed by atoms with van der Waals surface area (Å²) in [4.78, 5) is 16.6. The summed E-state index contributed by atoms with van der Waals surface area (Å²) in [6, 6.07) is 18.2. The maximum absolute atomic E-state index is 12.7. The number of amides is 1. The number of fused-ring (bicyclic) bond motifs is 1. The first-order valence-electron chi connectivity index (χ1n) is 8.86. The second kappa shape index (κ2) is 7.14. The summed E-state index contributed by atoms with van der Waals surface area (Å²) < 4.78 is 1.86. The molecule has 0 spiro atoms. The quantitative estimate of drug-likeness (QED) is 0.713. The second-order valence-electron chi connectivity index (χ2n) is 6.73. The van der Waals surface area contributed by atoms with Crippen molar-refractivity contribution >= 4 is 11.6 Å². The molecule has 0 saturated carbocycles. The first-order valence-corrected chi connectivity index (χ1v) is 8.86. The van der Waals surface area contributed by atoms with Gasteiger partial charge in [-0.15, -0.1) is 0 Å². The van der Waals surface area contributed by atoms with Gasteiger partial charge in [-0.2, -0.15) is 5.10 Å². The van der Waals surface area contributed by atoms with Crippen LogP contribution < -0.4 is 4.90 Å². The second-order valence-corrected chi connectivity index (χ2v) is 6.73. The maximum Gasteiger partial charge on any atom is 0.241 e. The number of aromatic nitrogens is 2. The Kier molecular flexibility index (Phi) is 4.54. The molecule has 4 rings (SSSR count). The normalized spacial score (nSPS) is 13.2. The van der Waals surface area contributed by atoms with E-state index in [-0.39, 0.29) is 5.91 Å². The van der Waals surface area contributed by atoms with Crippen molar-refractivity contribution in [1.82, 2.24) is 14.7 Å². The molecule has 0 N–H and O–H groups in total. The zero-order valence-electron chi connectivity index (χ0n) is 14.9. The van der Waals surface area contributed by atoms with Crippen molar-refractivity contribution in [2.75, 3.05) is 25.0 Å². The SMILES string of the molecule is CN(CC(=O)N1CCc2ccccc21)Cc1cnn(-c2ccccc2)c1. The Morgan fingerprint density at radius 3 is 2.73 bits per heavy atom. The number of hydrogen-bond acceptors (Lipinski definition) is 3. The molecular weight excluding hydrogens is 324 g/mol. The summed E-state index contributed by atoms with van der Waals surface area (Å²) in [5, 5.41) is 4.42. The van der Waals surface area contributed by atoms with Crippen LogP contribution in [0.5, 0.6) is 0 Å². The smallest absolute Gasteiger partial charge is 0.241 e. The molecule has 26 heavy (non-hydrogen) atoms. The highest BCUT2D eigenvalue weighted by Crippen LogP contribution is 2.27. The van der Waals surface area contributed by atoms with Crippen LogP contribution in [0, 0.1) is 0 Å². The molecule has 0 fully saturated rings. The van der Waals surface area contributed by atoms with Gasteiger partial charge in [-0.05, 0) is 37.2 Å². The van der Waals surface area contributed by atoms with Gasteiger partial charge in [0.05, 0.1) is 18.4 Å². The lowest BCUT2D eigenvalue weighted by molar-refractivity contribution is -0.119. The highest BCUT2D eigenvalue weighted by molar-refractivity contribution is 5.96. The van der Waals surface area contributed by atoms with Crippen molar-refractivity contribution in [3.05, 3.63) is 78.1 Å². The molecule has 0 saturated heterocycles. The number of likely N-dealkylation sites (N-methyl/N-ethyl adjacent to an activating group) is 1. The van der Waals surface area contributed by atoms with E-state index >= 15 is 0 Å². The highest BCUT2D eigenvalue weighted by Gasteiger charge is 2.24. The predicted octanol–water partition coefficient (Wildman–Crippen LogP) is 2.89. The average Bonchev–Trinajstić information content (AvgIpc) is 3.29. The fourth-order valence-corrected chi connectivity index (χ4v) is 3.44. The molecule has 0 bridgehead atoms. The lowest BCUT2D eigenvalue weighted by Gasteiger charge is -2.21. The van der Waals surface area contributed by atoms with Crippen molar-refractivity contribution in [2.45, 2.75) is 13.0 Å². The Labute approximate surface area is 153 Å². The van der Waals surface area contributed by atoms with Crippen LogP contribution in [0.25, 0.3) is 5.69 Å². The van der Waals surface area contributed by atoms with E-state index in [9.17, 15) is 4.79 Å². The van der Waals surface area contributed by atoms with E-state index in [1.165, 1.54) is 5.56 Å². The summed E-state index contributed by atoms with van der Waals surface area (Å²) in [5.41, 5.74) is 4.44. The minimum absolute atomic E-state index is 0.146. The van der Waals surface area contributed by atoms with Gasteiger partial charge in [0.2, 0.25) is 5.91 Å². The largest absolute Gasteiger partial charge is 0.311 e. The minimum atomic E-state index is 0.146. The van der Waals surface area contributed by atoms with Crippen LogP contribution in [0.1, 0.15) is 11.1 Å². The molecule has 5 heteroatoms. The Bertz CT molecular complexity index is 903. The summed E-state index contributed by atoms with van der Waals surface area (Å²) in [5.74, 6) is 0.146. The van der Waals surface area contributed by atoms with E-state index < -0.39 is 0 Å². The molecule has 0 radical (unpaired) electrons. The lowest BCUT2D eigenvalue weighted by Crippen LogP contribution is -2.37. The van der Waals surface area contributed by atoms with E-state index in [0.29, 0.717) is 13.1 Å². The fourth-order valence-electron chi connectivity index (χ4n) is 3.44. The number of hydrogen-bond donors (Lipinski definition) is 0. The van der Waals surface area contributed by atoms with Crippen molar-refractivity contribution in [2.24, 2.45) is 0 Å². The Morgan fingerprint density at radius 1 is 1.12 bits per heavy atom. The van der Waals surface area contributed by atoms with Crippen molar-refractivity contribution in [3.8, 4) is 5.69 Å². The molecule has 0 aliphatic carbocycles. The van der Waals surface area contributed by atoms with Crippen molar-refractivity contribution in [1.29, 1.82) is 0 Å². The van der Waals surface area contributed by atoms with Crippen molar-refractivity contribution < 1.29 is 4.79 Å². The lowest BCUT2D eigenvalue weighted by atomic mass is 10.2. The Hall–Kier alpha value is -2.92. The summed E-state index contributed by atoms with van der Waals surface area (Å²) in [7, 11) is 1.97. The Balaban J connectivity index is 1.38. The number of benzene rings is 2. The molecule has 5 nitrogen and oxygen atoms in total. The van der Waals surface area contributed by atoms with Crippen LogP contribution in [0.2, 0.25) is 0 Å². The van der Waals surface area contributed by atoms with E-state index in [1.807, 2.05) is 82.5 Å². The molecule has 1 aliphatic heterocycles. The van der Waals surface area contributed by atoms with Crippen LogP contribution >= 0.6 is 0 Å². The number of carbonyl (C=O) groups is 1. The third-order valence-corrected chi connectivity index (χ3v) is 4.70. The summed E-state index contributed by atoms with van der Waals surface area (Å²) in [6.07, 6.45) is 4.82. The first-order chi connectivity index (χ1) is 12.7. The molecule has 3 aromatic rings. The van der Waals surface area contributed by atoms with Gasteiger partial charge in [-0.1, -0.05) is 36.4 Å². The molecule has 0 atom stereocenters. The highest BCUT2D eigenvalue weighted by atomic mass is 16.2. The maximum atomic E-state index is 12.7. The van der Waals surface area contributed by atoms with E-state index in [4.69, 9.17) is 0 Å². The molecule has 1 amide bonds. The van der Waals surface area contributed by atoms with E-state index in [0.717, 1.165) is 29.9 Å². The number of carbonyl (C=O) groups excluding carboxylic acids is 1. The molecule has 2 heterocycles. The molecule has 2 aromatic carbocycles. The van der Waals surface area contributed by atoms with Gasteiger partial charge < -0.3 is 4.90 Å². The molecule has 1 aromatic heterocycles. The molecular formula is C21H22N4O. The van der Waals surface area contributed by atoms with Gasteiger partial charge in [0.1, 0.15) is 0 Å². The summed E-state index contributed by atoms with van der Waals surface area (Å²) >= 11 is 0. The van der Waals surface area contributed by atoms with E-state index in [1.54, 1.807) is 0 Å². The van der Waals surface area contributed by atoms with Crippen LogP contribution in [0.4, 0.5) is 5.69 Å². The zero-order valence-corrected chi connectivity index (χ0v) is 14.9. The van der Waals surface area contributed by atoms with Crippen LogP contribution in [-0.4, -0.2) is 40.7 Å². The monoisotopic (exact) mass is 346 g/mol. The third kappa shape index (κ3) is 3.39. The van der Waals surface area contributed by atoms with Crippen LogP contribution in [0.3, 0.4) is 0 Å². The molecule has 1 aliphatic rings. The average molecular weight is 346 g/mol. The number of nitrogens with zero attached hydrogens (tertiary/aromatic N) is 4. The van der Waals surface area contributed by atoms with Gasteiger partial charge in [-0.3, -0.25) is 9.69 Å². The van der Waals surface area contributed by atoms with E-state index in [2.05, 4.69) is 11.2 Å². The van der Waals surface area contributed by atoms with Gasteiger partial charge in [0.15, 0.2) is 0 Å². The zero-order chi connectivity index (χ0) is 17.9. The van der Waals surface area contributed by atoms with Gasteiger partial charge in [0, 0.05) is 30.5 Å². The third-order valence-electron chi connectivity index (χ3n) is 4.70. The predicted molar refractivity (Wildman–Crippen MR) is 102 cm³/mol. The minimum Gasteiger partial charge on any atom is -0.311 e. The van der Waals surface area contributed by atoms with Gasteiger partial charge >= 0.3 is 0 Å².